The minimum Gasteiger partial charge on any atom is -0.504 e. The Morgan fingerprint density at radius 2 is 1.31 bits per heavy atom. The largest absolute Gasteiger partial charge is 0.504 e. The molecule has 5 rings (SSSR count). The highest BCUT2D eigenvalue weighted by Crippen LogP contribution is 2.33. The number of aromatic hydroxyl groups is 4. The minimum absolute atomic E-state index is 0.100. The molecule has 12 N–H and O–H groups in total. The molecular formula is C35H46O20. The molecule has 0 radical (unpaired) electrons. The molecule has 3 saturated heterocycles. The molecule has 20 heteroatoms. The molecule has 3 heterocycles. The van der Waals surface area contributed by atoms with Crippen LogP contribution in [0.15, 0.2) is 42.5 Å². The average Bonchev–Trinajstić information content (AvgIpc) is 3.16. The maximum absolute atomic E-state index is 13.2. The third-order valence-corrected chi connectivity index (χ3v) is 9.37. The molecule has 3 aliphatic heterocycles. The maximum atomic E-state index is 13.2. The summed E-state index contributed by atoms with van der Waals surface area (Å²) in [5.41, 5.74) is 0.772. The van der Waals surface area contributed by atoms with Crippen molar-refractivity contribution < 1.29 is 99.2 Å². The molecule has 2 aromatic carbocycles. The molecule has 3 fully saturated rings. The Morgan fingerprint density at radius 1 is 0.673 bits per heavy atom. The van der Waals surface area contributed by atoms with Gasteiger partial charge in [-0.1, -0.05) is 12.1 Å². The standard InChI is InChI=1S/C35H46O20/c1-14-24(42)26(44)29(47)34(51-14)55-32-30(48)31(54-23(41)7-4-15-2-5-17(37)19(39)10-15)22(13-50-33-28(46)27(45)25(43)21(12-36)52-33)53-35(32)49-9-8-16-3-6-18(38)20(40)11-16/h2-7,10-11,14,21-22,24-40,42-48H,8-9,12-13H2,1H3. The summed E-state index contributed by atoms with van der Waals surface area (Å²) in [6.45, 7) is -0.236. The van der Waals surface area contributed by atoms with Gasteiger partial charge in [-0.2, -0.15) is 0 Å². The first-order chi connectivity index (χ1) is 26.1. The highest BCUT2D eigenvalue weighted by Gasteiger charge is 2.53. The number of hydrogen-bond donors (Lipinski definition) is 12. The quantitative estimate of drug-likeness (QED) is 0.0541. The molecule has 55 heavy (non-hydrogen) atoms. The number of ether oxygens (including phenoxy) is 7. The van der Waals surface area contributed by atoms with E-state index in [1.807, 2.05) is 0 Å². The van der Waals surface area contributed by atoms with Crippen LogP contribution >= 0.6 is 0 Å². The molecular weight excluding hydrogens is 740 g/mol. The van der Waals surface area contributed by atoms with Crippen molar-refractivity contribution in [2.24, 2.45) is 0 Å². The zero-order valence-electron chi connectivity index (χ0n) is 29.2. The molecule has 20 nitrogen and oxygen atoms in total. The van der Waals surface area contributed by atoms with Crippen molar-refractivity contribution in [1.29, 1.82) is 0 Å². The SMILES string of the molecule is CC1OC(OC2C(OCCc3ccc(O)c(O)c3)OC(COC3OC(CO)C(O)C(O)C3O)C(OC(=O)C=Cc3ccc(O)c(O)c3)C2O)C(O)C(O)C1O. The van der Waals surface area contributed by atoms with E-state index in [1.165, 1.54) is 43.3 Å². The number of phenols is 4. The summed E-state index contributed by atoms with van der Waals surface area (Å²) in [5, 5.41) is 123. The van der Waals surface area contributed by atoms with Crippen LogP contribution in [0.1, 0.15) is 18.1 Å². The van der Waals surface area contributed by atoms with Crippen molar-refractivity contribution >= 4 is 12.0 Å². The fourth-order valence-electron chi connectivity index (χ4n) is 6.13. The lowest BCUT2D eigenvalue weighted by Crippen LogP contribution is -2.65. The zero-order chi connectivity index (χ0) is 40.1. The fourth-order valence-corrected chi connectivity index (χ4v) is 6.13. The summed E-state index contributed by atoms with van der Waals surface area (Å²) >= 11 is 0. The third-order valence-electron chi connectivity index (χ3n) is 9.37. The molecule has 0 spiro atoms. The molecule has 15 unspecified atom stereocenters. The lowest BCUT2D eigenvalue weighted by atomic mass is 9.97. The van der Waals surface area contributed by atoms with Gasteiger partial charge in [0.1, 0.15) is 61.0 Å². The lowest BCUT2D eigenvalue weighted by molar-refractivity contribution is -0.370. The summed E-state index contributed by atoms with van der Waals surface area (Å²) in [4.78, 5) is 13.2. The lowest BCUT2D eigenvalue weighted by Gasteiger charge is -2.47. The number of aliphatic hydroxyl groups is 8. The molecule has 15 atom stereocenters. The van der Waals surface area contributed by atoms with Gasteiger partial charge in [-0.3, -0.25) is 0 Å². The summed E-state index contributed by atoms with van der Waals surface area (Å²) in [6.07, 6.45) is -22.4. The van der Waals surface area contributed by atoms with Gasteiger partial charge in [-0.25, -0.2) is 4.79 Å². The molecule has 0 amide bonds. The molecule has 0 aliphatic carbocycles. The highest BCUT2D eigenvalue weighted by molar-refractivity contribution is 5.87. The molecule has 0 bridgehead atoms. The van der Waals surface area contributed by atoms with Gasteiger partial charge < -0.3 is 94.4 Å². The molecule has 306 valence electrons. The van der Waals surface area contributed by atoms with Crippen molar-refractivity contribution in [3.63, 3.8) is 0 Å². The Kier molecular flexibility index (Phi) is 14.3. The van der Waals surface area contributed by atoms with Crippen LogP contribution in [-0.4, -0.2) is 179 Å². The van der Waals surface area contributed by atoms with Gasteiger partial charge in [0, 0.05) is 6.08 Å². The Balaban J connectivity index is 1.41. The van der Waals surface area contributed by atoms with Gasteiger partial charge in [0.25, 0.3) is 0 Å². The van der Waals surface area contributed by atoms with E-state index in [-0.39, 0.29) is 24.3 Å². The van der Waals surface area contributed by atoms with Crippen LogP contribution in [0.2, 0.25) is 0 Å². The number of aliphatic hydroxyl groups excluding tert-OH is 8. The van der Waals surface area contributed by atoms with Crippen molar-refractivity contribution in [2.75, 3.05) is 19.8 Å². The third kappa shape index (κ3) is 10.0. The molecule has 3 aliphatic rings. The number of rotatable bonds is 13. The van der Waals surface area contributed by atoms with E-state index in [2.05, 4.69) is 0 Å². The Bertz CT molecular complexity index is 1610. The van der Waals surface area contributed by atoms with Gasteiger partial charge >= 0.3 is 5.97 Å². The molecule has 0 saturated carbocycles. The summed E-state index contributed by atoms with van der Waals surface area (Å²) in [5.74, 6) is -2.71. The number of carbonyl (C=O) groups is 1. The van der Waals surface area contributed by atoms with Crippen LogP contribution in [0, 0.1) is 0 Å². The maximum Gasteiger partial charge on any atom is 0.331 e. The summed E-state index contributed by atoms with van der Waals surface area (Å²) in [7, 11) is 0. The van der Waals surface area contributed by atoms with Gasteiger partial charge in [-0.05, 0) is 54.8 Å². The normalized spacial score (nSPS) is 36.9. The van der Waals surface area contributed by atoms with E-state index < -0.39 is 129 Å². The Labute approximate surface area is 313 Å². The zero-order valence-corrected chi connectivity index (χ0v) is 29.2. The number of benzene rings is 2. The van der Waals surface area contributed by atoms with Crippen LogP contribution in [-0.2, 0) is 44.4 Å². The van der Waals surface area contributed by atoms with Crippen LogP contribution in [0.4, 0.5) is 0 Å². The van der Waals surface area contributed by atoms with E-state index in [0.29, 0.717) is 5.56 Å². The predicted molar refractivity (Wildman–Crippen MR) is 180 cm³/mol. The first-order valence-electron chi connectivity index (χ1n) is 17.2. The van der Waals surface area contributed by atoms with Crippen molar-refractivity contribution in [3.05, 3.63) is 53.6 Å². The molecule has 2 aromatic rings. The van der Waals surface area contributed by atoms with E-state index in [0.717, 1.165) is 12.1 Å². The van der Waals surface area contributed by atoms with Crippen LogP contribution in [0.25, 0.3) is 6.08 Å². The number of hydrogen-bond acceptors (Lipinski definition) is 20. The van der Waals surface area contributed by atoms with Crippen molar-refractivity contribution in [3.8, 4) is 23.0 Å². The first-order valence-corrected chi connectivity index (χ1v) is 17.2. The van der Waals surface area contributed by atoms with Crippen LogP contribution < -0.4 is 0 Å². The van der Waals surface area contributed by atoms with E-state index in [1.54, 1.807) is 0 Å². The van der Waals surface area contributed by atoms with E-state index >= 15 is 0 Å². The number of esters is 1. The average molecular weight is 787 g/mol. The van der Waals surface area contributed by atoms with Crippen molar-refractivity contribution in [2.45, 2.75) is 105 Å². The summed E-state index contributed by atoms with van der Waals surface area (Å²) in [6, 6.07) is 7.75. The topological polar surface area (TPSA) is 324 Å². The second-order valence-electron chi connectivity index (χ2n) is 13.3. The monoisotopic (exact) mass is 786 g/mol. The van der Waals surface area contributed by atoms with Gasteiger partial charge in [-0.15, -0.1) is 0 Å². The van der Waals surface area contributed by atoms with Gasteiger partial charge in [0.05, 0.1) is 25.9 Å². The van der Waals surface area contributed by atoms with Crippen LogP contribution in [0.3, 0.4) is 0 Å². The van der Waals surface area contributed by atoms with E-state index in [9.17, 15) is 66.1 Å². The Morgan fingerprint density at radius 3 is 1.98 bits per heavy atom. The predicted octanol–water partition coefficient (Wildman–Crippen LogP) is -3.19. The summed E-state index contributed by atoms with van der Waals surface area (Å²) < 4.78 is 40.2. The second kappa shape index (κ2) is 18.5. The minimum atomic E-state index is -1.91. The highest BCUT2D eigenvalue weighted by atomic mass is 16.8. The number of phenolic OH excluding ortho intramolecular Hbond substituents is 4. The molecule has 0 aromatic heterocycles. The van der Waals surface area contributed by atoms with Gasteiger partial charge in [0.15, 0.2) is 48.0 Å². The Hall–Kier alpha value is -3.71. The number of carbonyl (C=O) groups excluding carboxylic acids is 1. The van der Waals surface area contributed by atoms with Gasteiger partial charge in [0.2, 0.25) is 0 Å². The smallest absolute Gasteiger partial charge is 0.331 e. The van der Waals surface area contributed by atoms with E-state index in [4.69, 9.17) is 33.2 Å². The second-order valence-corrected chi connectivity index (χ2v) is 13.3. The fraction of sp³-hybridized carbons (Fsp3) is 0.571. The van der Waals surface area contributed by atoms with Crippen molar-refractivity contribution in [1.82, 2.24) is 0 Å². The first kappa shape index (κ1) is 42.4. The van der Waals surface area contributed by atoms with Crippen LogP contribution in [0.5, 0.6) is 23.0 Å².